The number of ketones is 1. The third kappa shape index (κ3) is 6.14. The summed E-state index contributed by atoms with van der Waals surface area (Å²) in [4.78, 5) is 31.9. The normalized spacial score (nSPS) is 22.4. The van der Waals surface area contributed by atoms with Crippen molar-refractivity contribution in [2.75, 3.05) is 0 Å². The first kappa shape index (κ1) is 23.1. The third-order valence-corrected chi connectivity index (χ3v) is 5.61. The van der Waals surface area contributed by atoms with Crippen molar-refractivity contribution in [2.24, 2.45) is 5.92 Å². The van der Waals surface area contributed by atoms with Gasteiger partial charge in [-0.05, 0) is 32.3 Å². The van der Waals surface area contributed by atoms with Gasteiger partial charge in [0.25, 0.3) is 0 Å². The summed E-state index contributed by atoms with van der Waals surface area (Å²) in [5.74, 6) is 0.0367. The topological polar surface area (TPSA) is 51.0 Å². The molecule has 0 aromatic heterocycles. The molecule has 1 aliphatic rings. The van der Waals surface area contributed by atoms with Gasteiger partial charge in [-0.15, -0.1) is 0 Å². The van der Waals surface area contributed by atoms with E-state index in [0.717, 1.165) is 18.4 Å². The number of rotatable bonds is 8. The minimum Gasteiger partial charge on any atom is -0.459 e. The number of hydrogen-bond acceptors (Lipinski definition) is 4. The standard InChI is InChI=1S/C24H34N2O3/c1-7-17(8-2)14-21(27)22-19(25-6)15-20(23(28)29-24(3,4)5)26(22)16-18-12-10-9-11-13-18/h9-13,17,19-20,22H,7-8,14-16H2,1-5H3/t19?,20-,22?/m1/s1. The molecule has 0 amide bonds. The predicted octanol–water partition coefficient (Wildman–Crippen LogP) is 4.65. The average Bonchev–Trinajstić information content (AvgIpc) is 3.04. The van der Waals surface area contributed by atoms with Gasteiger partial charge in [0.1, 0.15) is 17.7 Å². The van der Waals surface area contributed by atoms with Crippen molar-refractivity contribution in [1.29, 1.82) is 0 Å². The maximum absolute atomic E-state index is 13.3. The molecule has 158 valence electrons. The van der Waals surface area contributed by atoms with Crippen LogP contribution in [0.5, 0.6) is 0 Å². The number of hydrogen-bond donors (Lipinski definition) is 0. The van der Waals surface area contributed by atoms with Gasteiger partial charge in [0.05, 0.1) is 6.42 Å². The lowest BCUT2D eigenvalue weighted by molar-refractivity contribution is -0.161. The van der Waals surface area contributed by atoms with Crippen molar-refractivity contribution in [1.82, 2.24) is 4.90 Å². The van der Waals surface area contributed by atoms with E-state index < -0.39 is 23.7 Å². The Morgan fingerprint density at radius 3 is 2.34 bits per heavy atom. The van der Waals surface area contributed by atoms with Crippen molar-refractivity contribution in [2.45, 2.75) is 90.6 Å². The number of carbonyl (C=O) groups excluding carboxylic acids is 2. The fourth-order valence-corrected chi connectivity index (χ4v) is 4.02. The molecule has 0 saturated carbocycles. The van der Waals surface area contributed by atoms with Crippen LogP contribution in [0.3, 0.4) is 0 Å². The van der Waals surface area contributed by atoms with Crippen LogP contribution in [0.25, 0.3) is 4.85 Å². The van der Waals surface area contributed by atoms with E-state index in [1.807, 2.05) is 56.0 Å². The molecule has 2 unspecified atom stereocenters. The van der Waals surface area contributed by atoms with Crippen LogP contribution < -0.4 is 0 Å². The lowest BCUT2D eigenvalue weighted by atomic mass is 9.92. The fraction of sp³-hybridized carbons (Fsp3) is 0.625. The lowest BCUT2D eigenvalue weighted by Gasteiger charge is -2.30. The monoisotopic (exact) mass is 398 g/mol. The second kappa shape index (κ2) is 10.0. The summed E-state index contributed by atoms with van der Waals surface area (Å²) >= 11 is 0. The number of carbonyl (C=O) groups is 2. The minimum absolute atomic E-state index is 0.0710. The molecule has 1 aromatic carbocycles. The van der Waals surface area contributed by atoms with Gasteiger partial charge >= 0.3 is 5.97 Å². The number of esters is 1. The van der Waals surface area contributed by atoms with E-state index in [-0.39, 0.29) is 11.8 Å². The summed E-state index contributed by atoms with van der Waals surface area (Å²) in [6, 6.07) is 8.14. The van der Waals surface area contributed by atoms with Crippen molar-refractivity contribution in [3.63, 3.8) is 0 Å². The Kier molecular flexibility index (Phi) is 7.98. The summed E-state index contributed by atoms with van der Waals surface area (Å²) in [5, 5.41) is 0. The van der Waals surface area contributed by atoms with E-state index in [1.165, 1.54) is 0 Å². The molecule has 1 fully saturated rings. The molecule has 0 N–H and O–H groups in total. The molecule has 29 heavy (non-hydrogen) atoms. The number of nitrogens with zero attached hydrogens (tertiary/aromatic N) is 2. The highest BCUT2D eigenvalue weighted by Gasteiger charge is 2.52. The van der Waals surface area contributed by atoms with Gasteiger partial charge in [-0.2, -0.15) is 0 Å². The Hall–Kier alpha value is -2.19. The van der Waals surface area contributed by atoms with Gasteiger partial charge in [-0.3, -0.25) is 14.5 Å². The summed E-state index contributed by atoms with van der Waals surface area (Å²) < 4.78 is 5.64. The average molecular weight is 399 g/mol. The molecule has 0 radical (unpaired) electrons. The third-order valence-electron chi connectivity index (χ3n) is 5.61. The molecule has 1 saturated heterocycles. The SMILES string of the molecule is [C-]#[N+]C1C[C@H](C(=O)OC(C)(C)C)N(Cc2ccccc2)C1C(=O)CC(CC)CC. The van der Waals surface area contributed by atoms with Crippen molar-refractivity contribution in [3.05, 3.63) is 47.3 Å². The second-order valence-corrected chi connectivity index (χ2v) is 8.94. The summed E-state index contributed by atoms with van der Waals surface area (Å²) in [7, 11) is 0. The maximum Gasteiger partial charge on any atom is 0.324 e. The quantitative estimate of drug-likeness (QED) is 0.472. The van der Waals surface area contributed by atoms with Gasteiger partial charge < -0.3 is 9.58 Å². The lowest BCUT2D eigenvalue weighted by Crippen LogP contribution is -2.47. The number of Topliss-reactive ketones (excluding diaryl/α,β-unsaturated/α-hetero) is 1. The predicted molar refractivity (Wildman–Crippen MR) is 114 cm³/mol. The zero-order valence-electron chi connectivity index (χ0n) is 18.4. The zero-order valence-corrected chi connectivity index (χ0v) is 18.4. The molecule has 0 bridgehead atoms. The molecule has 0 spiro atoms. The summed E-state index contributed by atoms with van der Waals surface area (Å²) in [6.45, 7) is 17.8. The molecule has 1 heterocycles. The van der Waals surface area contributed by atoms with Crippen molar-refractivity contribution < 1.29 is 14.3 Å². The van der Waals surface area contributed by atoms with Crippen LogP contribution >= 0.6 is 0 Å². The van der Waals surface area contributed by atoms with E-state index in [1.54, 1.807) is 0 Å². The van der Waals surface area contributed by atoms with Crippen LogP contribution in [-0.2, 0) is 20.9 Å². The van der Waals surface area contributed by atoms with E-state index >= 15 is 0 Å². The first-order valence-corrected chi connectivity index (χ1v) is 10.6. The van der Waals surface area contributed by atoms with Crippen molar-refractivity contribution in [3.8, 4) is 0 Å². The van der Waals surface area contributed by atoms with Gasteiger partial charge in [-0.1, -0.05) is 57.0 Å². The molecule has 3 atom stereocenters. The molecule has 2 rings (SSSR count). The van der Waals surface area contributed by atoms with Gasteiger partial charge in [0, 0.05) is 13.0 Å². The van der Waals surface area contributed by atoms with Crippen LogP contribution in [0, 0.1) is 12.5 Å². The van der Waals surface area contributed by atoms with Crippen LogP contribution in [-0.4, -0.2) is 40.4 Å². The highest BCUT2D eigenvalue weighted by atomic mass is 16.6. The largest absolute Gasteiger partial charge is 0.459 e. The van der Waals surface area contributed by atoms with Crippen LogP contribution in [0.2, 0.25) is 0 Å². The van der Waals surface area contributed by atoms with Crippen LogP contribution in [0.1, 0.15) is 65.9 Å². The number of benzene rings is 1. The molecule has 0 aliphatic carbocycles. The van der Waals surface area contributed by atoms with E-state index in [4.69, 9.17) is 11.3 Å². The summed E-state index contributed by atoms with van der Waals surface area (Å²) in [6.07, 6.45) is 2.66. The summed E-state index contributed by atoms with van der Waals surface area (Å²) in [5.41, 5.74) is 0.410. The smallest absolute Gasteiger partial charge is 0.324 e. The molecule has 5 heteroatoms. The van der Waals surface area contributed by atoms with Crippen LogP contribution in [0.4, 0.5) is 0 Å². The van der Waals surface area contributed by atoms with E-state index in [9.17, 15) is 9.59 Å². The first-order valence-electron chi connectivity index (χ1n) is 10.6. The number of ether oxygens (including phenoxy) is 1. The van der Waals surface area contributed by atoms with E-state index in [2.05, 4.69) is 18.7 Å². The first-order chi connectivity index (χ1) is 13.7. The highest BCUT2D eigenvalue weighted by molar-refractivity contribution is 5.88. The Labute approximate surface area is 175 Å². The number of likely N-dealkylation sites (tertiary alicyclic amines) is 1. The Morgan fingerprint density at radius 2 is 1.83 bits per heavy atom. The molecule has 5 nitrogen and oxygen atoms in total. The van der Waals surface area contributed by atoms with Gasteiger partial charge in [0.2, 0.25) is 6.04 Å². The van der Waals surface area contributed by atoms with Crippen LogP contribution in [0.15, 0.2) is 30.3 Å². The highest BCUT2D eigenvalue weighted by Crippen LogP contribution is 2.33. The molecular formula is C24H34N2O3. The Morgan fingerprint density at radius 1 is 1.21 bits per heavy atom. The minimum atomic E-state index is -0.610. The van der Waals surface area contributed by atoms with Crippen molar-refractivity contribution >= 4 is 11.8 Å². The zero-order chi connectivity index (χ0) is 21.6. The van der Waals surface area contributed by atoms with Gasteiger partial charge in [0.15, 0.2) is 5.78 Å². The fourth-order valence-electron chi connectivity index (χ4n) is 4.02. The van der Waals surface area contributed by atoms with E-state index in [0.29, 0.717) is 25.3 Å². The maximum atomic E-state index is 13.3. The molecule has 1 aliphatic heterocycles. The molecule has 1 aromatic rings. The van der Waals surface area contributed by atoms with Gasteiger partial charge in [-0.25, -0.2) is 6.57 Å². The Bertz CT molecular complexity index is 729. The Balaban J connectivity index is 2.34. The molecular weight excluding hydrogens is 364 g/mol. The second-order valence-electron chi connectivity index (χ2n) is 8.94.